The predicted molar refractivity (Wildman–Crippen MR) is 35.7 cm³/mol. The van der Waals surface area contributed by atoms with E-state index in [1.165, 1.54) is 18.5 Å². The van der Waals surface area contributed by atoms with Crippen molar-refractivity contribution < 1.29 is 9.90 Å². The SMILES string of the molecule is O=C(O)C1=CNN(Cl)C=C1. The van der Waals surface area contributed by atoms with Gasteiger partial charge in [-0.25, -0.2) is 9.32 Å². The summed E-state index contributed by atoms with van der Waals surface area (Å²) in [5.74, 6) is -0.978. The molecule has 0 aromatic heterocycles. The molecule has 0 spiro atoms. The fourth-order valence-electron chi connectivity index (χ4n) is 0.501. The van der Waals surface area contributed by atoms with Crippen molar-refractivity contribution >= 4 is 17.7 Å². The Morgan fingerprint density at radius 2 is 2.50 bits per heavy atom. The van der Waals surface area contributed by atoms with Crippen molar-refractivity contribution in [1.82, 2.24) is 9.95 Å². The van der Waals surface area contributed by atoms with Crippen molar-refractivity contribution in [2.45, 2.75) is 0 Å². The van der Waals surface area contributed by atoms with Gasteiger partial charge in [0.1, 0.15) is 0 Å². The van der Waals surface area contributed by atoms with Crippen LogP contribution in [0.3, 0.4) is 0 Å². The number of nitrogens with zero attached hydrogens (tertiary/aromatic N) is 1. The largest absolute Gasteiger partial charge is 0.478 e. The summed E-state index contributed by atoms with van der Waals surface area (Å²) in [5.41, 5.74) is 2.66. The second-order valence-corrected chi connectivity index (χ2v) is 2.03. The molecule has 54 valence electrons. The van der Waals surface area contributed by atoms with Crippen LogP contribution in [0, 0.1) is 0 Å². The fourth-order valence-corrected chi connectivity index (χ4v) is 0.606. The van der Waals surface area contributed by atoms with Crippen LogP contribution in [0.2, 0.25) is 0 Å². The van der Waals surface area contributed by atoms with Crippen LogP contribution in [0.15, 0.2) is 24.0 Å². The van der Waals surface area contributed by atoms with E-state index in [4.69, 9.17) is 16.9 Å². The molecule has 1 rings (SSSR count). The number of hydrogen-bond acceptors (Lipinski definition) is 3. The minimum atomic E-state index is -0.978. The highest BCUT2D eigenvalue weighted by atomic mass is 35.5. The van der Waals surface area contributed by atoms with Gasteiger partial charge < -0.3 is 5.11 Å². The predicted octanol–water partition coefficient (Wildman–Crippen LogP) is 0.443. The maximum absolute atomic E-state index is 10.2. The minimum Gasteiger partial charge on any atom is -0.478 e. The van der Waals surface area contributed by atoms with Crippen LogP contribution < -0.4 is 5.43 Å². The van der Waals surface area contributed by atoms with Crippen LogP contribution in [0.4, 0.5) is 0 Å². The zero-order valence-electron chi connectivity index (χ0n) is 4.91. The van der Waals surface area contributed by atoms with Gasteiger partial charge >= 0.3 is 5.97 Å². The second-order valence-electron chi connectivity index (χ2n) is 1.66. The lowest BCUT2D eigenvalue weighted by Crippen LogP contribution is -2.23. The van der Waals surface area contributed by atoms with E-state index in [-0.39, 0.29) is 5.57 Å². The molecular weight excluding hydrogens is 156 g/mol. The monoisotopic (exact) mass is 160 g/mol. The van der Waals surface area contributed by atoms with Crippen molar-refractivity contribution in [3.8, 4) is 0 Å². The molecule has 0 radical (unpaired) electrons. The average Bonchev–Trinajstić information content (AvgIpc) is 1.88. The summed E-state index contributed by atoms with van der Waals surface area (Å²) >= 11 is 5.38. The third-order valence-electron chi connectivity index (χ3n) is 0.975. The van der Waals surface area contributed by atoms with Crippen LogP contribution in [-0.4, -0.2) is 15.6 Å². The number of rotatable bonds is 1. The second kappa shape index (κ2) is 2.62. The highest BCUT2D eigenvalue weighted by molar-refractivity contribution is 6.13. The molecule has 0 aromatic rings. The van der Waals surface area contributed by atoms with E-state index in [0.29, 0.717) is 0 Å². The van der Waals surface area contributed by atoms with E-state index in [1.807, 2.05) is 0 Å². The Hall–Kier alpha value is -1.16. The Morgan fingerprint density at radius 3 is 2.90 bits per heavy atom. The van der Waals surface area contributed by atoms with Crippen molar-refractivity contribution in [3.63, 3.8) is 0 Å². The molecule has 0 aromatic carbocycles. The number of carboxylic acid groups (broad SMARTS) is 1. The molecule has 0 saturated carbocycles. The maximum atomic E-state index is 10.2. The molecule has 2 N–H and O–H groups in total. The first-order valence-electron chi connectivity index (χ1n) is 2.53. The summed E-state index contributed by atoms with van der Waals surface area (Å²) in [6.07, 6.45) is 4.10. The number of nitrogens with one attached hydrogen (secondary N) is 1. The van der Waals surface area contributed by atoms with Gasteiger partial charge in [0.05, 0.1) is 5.57 Å². The molecule has 0 unspecified atom stereocenters. The first kappa shape index (κ1) is 6.95. The zero-order chi connectivity index (χ0) is 7.56. The van der Waals surface area contributed by atoms with Gasteiger partial charge in [0, 0.05) is 24.2 Å². The number of halogens is 1. The fraction of sp³-hybridized carbons (Fsp3) is 0. The van der Waals surface area contributed by atoms with Crippen LogP contribution in [-0.2, 0) is 4.79 Å². The first-order valence-corrected chi connectivity index (χ1v) is 2.87. The highest BCUT2D eigenvalue weighted by Crippen LogP contribution is 2.03. The molecule has 0 fully saturated rings. The Bertz CT molecular complexity index is 212. The Labute approximate surface area is 62.5 Å². The van der Waals surface area contributed by atoms with Gasteiger partial charge in [-0.15, -0.1) is 0 Å². The molecule has 4 nitrogen and oxygen atoms in total. The molecule has 0 saturated heterocycles. The van der Waals surface area contributed by atoms with E-state index in [2.05, 4.69) is 5.43 Å². The van der Waals surface area contributed by atoms with Crippen LogP contribution in [0.1, 0.15) is 0 Å². The third-order valence-corrected chi connectivity index (χ3v) is 1.19. The van der Waals surface area contributed by atoms with E-state index in [9.17, 15) is 4.79 Å². The van der Waals surface area contributed by atoms with Gasteiger partial charge in [-0.2, -0.15) is 0 Å². The lowest BCUT2D eigenvalue weighted by atomic mass is 10.3. The normalized spacial score (nSPS) is 16.1. The third kappa shape index (κ3) is 1.41. The smallest absolute Gasteiger partial charge is 0.337 e. The molecule has 1 aliphatic heterocycles. The molecule has 1 aliphatic rings. The number of aliphatic carboxylic acids is 1. The molecule has 10 heavy (non-hydrogen) atoms. The molecule has 0 atom stereocenters. The minimum absolute atomic E-state index is 0.178. The molecule has 5 heteroatoms. The molecular formula is C5H5ClN2O2. The van der Waals surface area contributed by atoms with Gasteiger partial charge in [-0.1, -0.05) is 0 Å². The zero-order valence-corrected chi connectivity index (χ0v) is 5.67. The lowest BCUT2D eigenvalue weighted by Gasteiger charge is -2.13. The van der Waals surface area contributed by atoms with Crippen molar-refractivity contribution in [2.24, 2.45) is 0 Å². The van der Waals surface area contributed by atoms with Gasteiger partial charge in [-0.3, -0.25) is 5.43 Å². The standard InChI is InChI=1S/C5H5ClN2O2/c6-8-2-1-4(3-7-8)5(9)10/h1-3,7H,(H,9,10). The van der Waals surface area contributed by atoms with Gasteiger partial charge in [0.15, 0.2) is 0 Å². The van der Waals surface area contributed by atoms with E-state index >= 15 is 0 Å². The topological polar surface area (TPSA) is 52.6 Å². The van der Waals surface area contributed by atoms with E-state index < -0.39 is 5.97 Å². The summed E-state index contributed by atoms with van der Waals surface area (Å²) in [6.45, 7) is 0. The summed E-state index contributed by atoms with van der Waals surface area (Å²) < 4.78 is 1.13. The molecule has 1 heterocycles. The number of hydrogen-bond donors (Lipinski definition) is 2. The average molecular weight is 161 g/mol. The van der Waals surface area contributed by atoms with E-state index in [1.54, 1.807) is 0 Å². The van der Waals surface area contributed by atoms with Crippen molar-refractivity contribution in [1.29, 1.82) is 0 Å². The Kier molecular flexibility index (Phi) is 1.82. The molecule has 0 bridgehead atoms. The van der Waals surface area contributed by atoms with Gasteiger partial charge in [0.25, 0.3) is 0 Å². The summed E-state index contributed by atoms with van der Waals surface area (Å²) in [5, 5.41) is 8.40. The Morgan fingerprint density at radius 1 is 1.80 bits per heavy atom. The lowest BCUT2D eigenvalue weighted by molar-refractivity contribution is -0.132. The van der Waals surface area contributed by atoms with E-state index in [0.717, 1.165) is 4.53 Å². The molecule has 0 aliphatic carbocycles. The van der Waals surface area contributed by atoms with Crippen LogP contribution >= 0.6 is 11.8 Å². The summed E-state index contributed by atoms with van der Waals surface area (Å²) in [4.78, 5) is 10.2. The van der Waals surface area contributed by atoms with Crippen molar-refractivity contribution in [3.05, 3.63) is 24.0 Å². The van der Waals surface area contributed by atoms with Gasteiger partial charge in [-0.05, 0) is 6.08 Å². The Balaban J connectivity index is 2.67. The first-order chi connectivity index (χ1) is 4.70. The van der Waals surface area contributed by atoms with Crippen LogP contribution in [0.25, 0.3) is 0 Å². The summed E-state index contributed by atoms with van der Waals surface area (Å²) in [7, 11) is 0. The molecule has 0 amide bonds. The van der Waals surface area contributed by atoms with Gasteiger partial charge in [0.2, 0.25) is 0 Å². The highest BCUT2D eigenvalue weighted by Gasteiger charge is 2.06. The van der Waals surface area contributed by atoms with Crippen LogP contribution in [0.5, 0.6) is 0 Å². The maximum Gasteiger partial charge on any atom is 0.337 e. The quantitative estimate of drug-likeness (QED) is 0.547. The number of hydrazine groups is 1. The number of carbonyl (C=O) groups is 1. The number of carboxylic acids is 1. The van der Waals surface area contributed by atoms with Crippen molar-refractivity contribution in [2.75, 3.05) is 0 Å². The summed E-state index contributed by atoms with van der Waals surface area (Å²) in [6, 6.07) is 0.